The summed E-state index contributed by atoms with van der Waals surface area (Å²) in [6.45, 7) is 12.2. The Morgan fingerprint density at radius 2 is 1.65 bits per heavy atom. The zero-order valence-electron chi connectivity index (χ0n) is 39.0. The molecule has 7 aliphatic rings. The van der Waals surface area contributed by atoms with E-state index in [2.05, 4.69) is 43.5 Å². The summed E-state index contributed by atoms with van der Waals surface area (Å²) >= 11 is 0. The summed E-state index contributed by atoms with van der Waals surface area (Å²) in [5.74, 6) is -0.606. The fourth-order valence-electron chi connectivity index (χ4n) is 11.2. The maximum atomic E-state index is 14.2. The van der Waals surface area contributed by atoms with Gasteiger partial charge in [0, 0.05) is 42.4 Å². The van der Waals surface area contributed by atoms with Crippen molar-refractivity contribution in [1.29, 1.82) is 0 Å². The van der Waals surface area contributed by atoms with Crippen molar-refractivity contribution >= 4 is 29.8 Å². The van der Waals surface area contributed by atoms with E-state index in [1.165, 1.54) is 18.4 Å². The summed E-state index contributed by atoms with van der Waals surface area (Å²) < 4.78 is 31.6. The van der Waals surface area contributed by atoms with Gasteiger partial charge in [-0.2, -0.15) is 0 Å². The number of rotatable bonds is 14. The highest BCUT2D eigenvalue weighted by Gasteiger charge is 2.64. The lowest BCUT2D eigenvalue weighted by Gasteiger charge is -2.53. The number of benzene rings is 2. The highest BCUT2D eigenvalue weighted by atomic mass is 16.8. The zero-order chi connectivity index (χ0) is 45.9. The topological polar surface area (TPSA) is 162 Å². The highest BCUT2D eigenvalue weighted by molar-refractivity contribution is 5.95. The number of nitrogens with one attached hydrogen (secondary N) is 2. The highest BCUT2D eigenvalue weighted by Crippen LogP contribution is 2.61. The number of carbonyl (C=O) groups is 4. The molecule has 2 amide bonds. The molecule has 2 aromatic rings. The lowest BCUT2D eigenvalue weighted by molar-refractivity contribution is -0.209. The third-order valence-electron chi connectivity index (χ3n) is 15.1. The van der Waals surface area contributed by atoms with E-state index in [9.17, 15) is 24.3 Å². The summed E-state index contributed by atoms with van der Waals surface area (Å²) in [6.07, 6.45) is 12.6. The first-order chi connectivity index (χ1) is 30.9. The van der Waals surface area contributed by atoms with Gasteiger partial charge >= 0.3 is 11.9 Å². The van der Waals surface area contributed by atoms with Crippen LogP contribution in [0.1, 0.15) is 150 Å². The third-order valence-corrected chi connectivity index (χ3v) is 15.1. The van der Waals surface area contributed by atoms with Gasteiger partial charge in [0.25, 0.3) is 5.91 Å². The van der Waals surface area contributed by atoms with Gasteiger partial charge in [0.05, 0.1) is 29.9 Å². The van der Waals surface area contributed by atoms with E-state index >= 15 is 0 Å². The summed E-state index contributed by atoms with van der Waals surface area (Å²) in [5.41, 5.74) is 4.06. The summed E-state index contributed by atoms with van der Waals surface area (Å²) in [5, 5.41) is 15.7. The standard InChI is InChI=1S/C53H68N2O10/c1-50(2,3)64-45(57)20-18-39(30-56)55-48(59)34-11-8-10-32(25-34)29-54-47(58)36-26-42(46-43(27-36)62-53(65-46,37-14-15-37)38-16-17-38)61-49(60)35-12-7-9-31(24-35)23-33-13-19-44-52(6,63-44)22-21-41-40(33)28-51(41,4)5/h7-12,23-25,27,37-44,46,56H,13-22,26,28-30H2,1-6H3,(H,54,58)(H,55,59)/t39-,40+,41+,42+,43+,44?,46-,52+/m0/s1. The van der Waals surface area contributed by atoms with Gasteiger partial charge in [0.15, 0.2) is 5.79 Å². The van der Waals surface area contributed by atoms with Crippen LogP contribution < -0.4 is 10.6 Å². The quantitative estimate of drug-likeness (QED) is 0.125. The molecule has 6 fully saturated rings. The van der Waals surface area contributed by atoms with Crippen LogP contribution in [-0.2, 0) is 39.8 Å². The predicted molar refractivity (Wildman–Crippen MR) is 243 cm³/mol. The number of hydrogen-bond acceptors (Lipinski definition) is 10. The van der Waals surface area contributed by atoms with Gasteiger partial charge in [0.2, 0.25) is 5.91 Å². The molecule has 5 aliphatic carbocycles. The van der Waals surface area contributed by atoms with E-state index in [0.717, 1.165) is 50.5 Å². The minimum atomic E-state index is -0.748. The molecule has 0 spiro atoms. The first-order valence-electron chi connectivity index (χ1n) is 24.2. The van der Waals surface area contributed by atoms with Crippen molar-refractivity contribution in [3.05, 3.63) is 88.0 Å². The number of ether oxygens (including phenoxy) is 5. The third kappa shape index (κ3) is 10.2. The number of fused-ring (bicyclic) bond motifs is 3. The van der Waals surface area contributed by atoms with E-state index in [1.54, 1.807) is 45.0 Å². The molecule has 0 bridgehead atoms. The Kier molecular flexibility index (Phi) is 12.5. The lowest BCUT2D eigenvalue weighted by Crippen LogP contribution is -2.45. The minimum absolute atomic E-state index is 0.0139. The minimum Gasteiger partial charge on any atom is -0.460 e. The molecule has 2 aromatic carbocycles. The van der Waals surface area contributed by atoms with Crippen LogP contribution in [0.3, 0.4) is 0 Å². The monoisotopic (exact) mass is 892 g/mol. The fraction of sp³-hybridized carbons (Fsp3) is 0.623. The second-order valence-electron chi connectivity index (χ2n) is 21.9. The SMILES string of the molecule is CC(C)(C)OC(=O)CC[C@@H](CO)NC(=O)c1cccc(CNC(=O)C2=C[C@H]3OC(C4CC4)(C4CC4)O[C@H]3[C@H](OC(=O)c3cccc(C=C4CCC5O[C@]5(C)CC[C@@H]5[C@@H]4CC5(C)C)c3)C2)c1. The molecule has 12 nitrogen and oxygen atoms in total. The summed E-state index contributed by atoms with van der Waals surface area (Å²) in [4.78, 5) is 53.6. The molecule has 4 saturated carbocycles. The van der Waals surface area contributed by atoms with Crippen LogP contribution in [0.2, 0.25) is 0 Å². The molecule has 12 heteroatoms. The van der Waals surface area contributed by atoms with Gasteiger partial charge in [-0.3, -0.25) is 14.4 Å². The normalized spacial score (nSPS) is 30.9. The number of epoxide rings is 1. The van der Waals surface area contributed by atoms with Crippen LogP contribution in [0.4, 0.5) is 0 Å². The molecule has 2 saturated heterocycles. The maximum absolute atomic E-state index is 14.2. The average Bonchev–Trinajstić information content (AvgIpc) is 4.18. The number of aliphatic hydroxyl groups is 1. The molecule has 3 N–H and O–H groups in total. The number of hydrogen-bond donors (Lipinski definition) is 3. The van der Waals surface area contributed by atoms with Crippen molar-refractivity contribution in [2.24, 2.45) is 29.1 Å². The Morgan fingerprint density at radius 3 is 2.35 bits per heavy atom. The Morgan fingerprint density at radius 1 is 0.908 bits per heavy atom. The average molecular weight is 893 g/mol. The van der Waals surface area contributed by atoms with Crippen LogP contribution in [0.5, 0.6) is 0 Å². The number of amides is 2. The fourth-order valence-corrected chi connectivity index (χ4v) is 11.2. The summed E-state index contributed by atoms with van der Waals surface area (Å²) in [7, 11) is 0. The molecule has 1 unspecified atom stereocenters. The molecule has 8 atom stereocenters. The molecular weight excluding hydrogens is 825 g/mol. The van der Waals surface area contributed by atoms with Crippen molar-refractivity contribution < 1.29 is 48.0 Å². The van der Waals surface area contributed by atoms with Crippen molar-refractivity contribution in [2.45, 2.75) is 173 Å². The number of esters is 2. The predicted octanol–water partition coefficient (Wildman–Crippen LogP) is 8.15. The zero-order valence-corrected chi connectivity index (χ0v) is 39.0. The van der Waals surface area contributed by atoms with E-state index < -0.39 is 53.6 Å². The van der Waals surface area contributed by atoms with Crippen LogP contribution >= 0.6 is 0 Å². The van der Waals surface area contributed by atoms with Crippen LogP contribution in [0, 0.1) is 29.1 Å². The van der Waals surface area contributed by atoms with Crippen LogP contribution in [0.25, 0.3) is 6.08 Å². The smallest absolute Gasteiger partial charge is 0.338 e. The van der Waals surface area contributed by atoms with Gasteiger partial charge in [-0.1, -0.05) is 49.8 Å². The van der Waals surface area contributed by atoms with E-state index in [0.29, 0.717) is 45.6 Å². The second-order valence-corrected chi connectivity index (χ2v) is 21.9. The van der Waals surface area contributed by atoms with E-state index in [1.807, 2.05) is 24.3 Å². The Labute approximate surface area is 383 Å². The second kappa shape index (κ2) is 17.7. The molecule has 0 radical (unpaired) electrons. The first kappa shape index (κ1) is 45.8. The Balaban J connectivity index is 0.869. The van der Waals surface area contributed by atoms with Gasteiger partial charge < -0.3 is 39.4 Å². The van der Waals surface area contributed by atoms with Gasteiger partial charge in [-0.05, 0) is 151 Å². The lowest BCUT2D eigenvalue weighted by atomic mass is 9.52. The number of aliphatic hydroxyl groups excluding tert-OH is 1. The first-order valence-corrected chi connectivity index (χ1v) is 24.2. The van der Waals surface area contributed by atoms with Crippen molar-refractivity contribution in [3.8, 4) is 0 Å². The molecule has 2 heterocycles. The molecule has 65 heavy (non-hydrogen) atoms. The molecule has 2 aliphatic heterocycles. The number of carbonyl (C=O) groups excluding carboxylic acids is 4. The maximum Gasteiger partial charge on any atom is 0.338 e. The Bertz CT molecular complexity index is 2220. The molecule has 350 valence electrons. The molecular formula is C53H68N2O10. The van der Waals surface area contributed by atoms with Crippen molar-refractivity contribution in [3.63, 3.8) is 0 Å². The van der Waals surface area contributed by atoms with Gasteiger partial charge in [-0.25, -0.2) is 4.79 Å². The van der Waals surface area contributed by atoms with Crippen LogP contribution in [0.15, 0.2) is 65.8 Å². The van der Waals surface area contributed by atoms with Crippen molar-refractivity contribution in [1.82, 2.24) is 10.6 Å². The van der Waals surface area contributed by atoms with Crippen LogP contribution in [-0.4, -0.2) is 82.9 Å². The summed E-state index contributed by atoms with van der Waals surface area (Å²) in [6, 6.07) is 14.0. The molecule has 9 rings (SSSR count). The Hall–Kier alpha value is -4.36. The van der Waals surface area contributed by atoms with E-state index in [-0.39, 0.29) is 55.8 Å². The van der Waals surface area contributed by atoms with Crippen molar-refractivity contribution in [2.75, 3.05) is 6.61 Å². The molecule has 0 aromatic heterocycles. The van der Waals surface area contributed by atoms with E-state index in [4.69, 9.17) is 23.7 Å². The van der Waals surface area contributed by atoms with Gasteiger partial charge in [-0.15, -0.1) is 0 Å². The van der Waals surface area contributed by atoms with Gasteiger partial charge in [0.1, 0.15) is 23.9 Å². The largest absolute Gasteiger partial charge is 0.460 e. The number of allylic oxidation sites excluding steroid dienone is 1.